The van der Waals surface area contributed by atoms with Crippen LogP contribution in [0, 0.1) is 12.3 Å². The van der Waals surface area contributed by atoms with E-state index >= 15 is 0 Å². The molecule has 3 nitrogen and oxygen atoms in total. The van der Waals surface area contributed by atoms with Crippen LogP contribution in [0.5, 0.6) is 0 Å². The molecule has 0 saturated carbocycles. The SMILES string of the molecule is Cc1ccccc1Cc1cccc(-c2ncc3c(n2)CC(C)(C)CC3)n1. The third-order valence-electron chi connectivity index (χ3n) is 5.34. The van der Waals surface area contributed by atoms with E-state index in [1.165, 1.54) is 28.8 Å². The minimum atomic E-state index is 0.318. The lowest BCUT2D eigenvalue weighted by Crippen LogP contribution is -2.23. The Hall–Kier alpha value is -2.55. The highest BCUT2D eigenvalue weighted by Crippen LogP contribution is 2.34. The first kappa shape index (κ1) is 16.9. The molecule has 0 fully saturated rings. The molecule has 1 aromatic carbocycles. The summed E-state index contributed by atoms with van der Waals surface area (Å²) in [5.74, 6) is 0.744. The Morgan fingerprint density at radius 3 is 2.69 bits per heavy atom. The molecule has 0 aliphatic heterocycles. The van der Waals surface area contributed by atoms with Crippen molar-refractivity contribution in [2.75, 3.05) is 0 Å². The second-order valence-corrected chi connectivity index (χ2v) is 8.12. The normalized spacial score (nSPS) is 15.5. The van der Waals surface area contributed by atoms with Gasteiger partial charge in [0.05, 0.1) is 0 Å². The highest BCUT2D eigenvalue weighted by Gasteiger charge is 2.26. The van der Waals surface area contributed by atoms with Crippen LogP contribution >= 0.6 is 0 Å². The minimum absolute atomic E-state index is 0.318. The predicted molar refractivity (Wildman–Crippen MR) is 105 cm³/mol. The summed E-state index contributed by atoms with van der Waals surface area (Å²) < 4.78 is 0. The third kappa shape index (κ3) is 3.52. The Balaban J connectivity index is 1.64. The number of fused-ring (bicyclic) bond motifs is 1. The maximum atomic E-state index is 4.87. The van der Waals surface area contributed by atoms with Crippen molar-refractivity contribution in [2.45, 2.75) is 46.5 Å². The predicted octanol–water partition coefficient (Wildman–Crippen LogP) is 4.95. The van der Waals surface area contributed by atoms with Crippen LogP contribution in [0.1, 0.15) is 48.3 Å². The molecule has 2 heterocycles. The average molecular weight is 343 g/mol. The van der Waals surface area contributed by atoms with E-state index in [2.05, 4.69) is 62.2 Å². The lowest BCUT2D eigenvalue weighted by molar-refractivity contribution is 0.310. The Kier molecular flexibility index (Phi) is 4.31. The van der Waals surface area contributed by atoms with E-state index in [0.717, 1.165) is 36.5 Å². The molecule has 2 aromatic heterocycles. The van der Waals surface area contributed by atoms with Crippen LogP contribution in [-0.2, 0) is 19.3 Å². The Labute approximate surface area is 155 Å². The second kappa shape index (κ2) is 6.64. The van der Waals surface area contributed by atoms with Gasteiger partial charge in [0.15, 0.2) is 5.82 Å². The molecule has 1 aliphatic rings. The number of aromatic nitrogens is 3. The molecule has 1 aliphatic carbocycles. The molecule has 0 N–H and O–H groups in total. The summed E-state index contributed by atoms with van der Waals surface area (Å²) in [4.78, 5) is 14.3. The molecule has 0 unspecified atom stereocenters. The Morgan fingerprint density at radius 1 is 1.00 bits per heavy atom. The van der Waals surface area contributed by atoms with Gasteiger partial charge in [-0.3, -0.25) is 0 Å². The molecule has 0 radical (unpaired) electrons. The van der Waals surface area contributed by atoms with Crippen molar-refractivity contribution < 1.29 is 0 Å². The first-order valence-corrected chi connectivity index (χ1v) is 9.36. The topological polar surface area (TPSA) is 38.7 Å². The van der Waals surface area contributed by atoms with Crippen molar-refractivity contribution in [2.24, 2.45) is 5.41 Å². The van der Waals surface area contributed by atoms with E-state index in [4.69, 9.17) is 9.97 Å². The van der Waals surface area contributed by atoms with Gasteiger partial charge in [-0.15, -0.1) is 0 Å². The van der Waals surface area contributed by atoms with Gasteiger partial charge in [-0.05, 0) is 60.4 Å². The van der Waals surface area contributed by atoms with Crippen LogP contribution in [0.4, 0.5) is 0 Å². The molecule has 4 rings (SSSR count). The van der Waals surface area contributed by atoms with Crippen LogP contribution in [0.3, 0.4) is 0 Å². The molecule has 132 valence electrons. The fourth-order valence-electron chi connectivity index (χ4n) is 3.65. The van der Waals surface area contributed by atoms with Gasteiger partial charge in [0.1, 0.15) is 5.69 Å². The molecule has 0 bridgehead atoms. The standard InChI is InChI=1S/C23H25N3/c1-16-7-4-5-8-17(16)13-19-9-6-10-20(25-19)22-24-15-18-11-12-23(2,3)14-21(18)26-22/h4-10,15H,11-14H2,1-3H3. The second-order valence-electron chi connectivity index (χ2n) is 8.12. The van der Waals surface area contributed by atoms with Gasteiger partial charge < -0.3 is 0 Å². The summed E-state index contributed by atoms with van der Waals surface area (Å²) >= 11 is 0. The fourth-order valence-corrected chi connectivity index (χ4v) is 3.65. The van der Waals surface area contributed by atoms with Crippen LogP contribution in [0.2, 0.25) is 0 Å². The van der Waals surface area contributed by atoms with Crippen LogP contribution in [0.25, 0.3) is 11.5 Å². The number of aryl methyl sites for hydroxylation is 2. The number of hydrogen-bond acceptors (Lipinski definition) is 3. The van der Waals surface area contributed by atoms with Crippen molar-refractivity contribution in [1.29, 1.82) is 0 Å². The molecular weight excluding hydrogens is 318 g/mol. The van der Waals surface area contributed by atoms with Crippen molar-refractivity contribution in [1.82, 2.24) is 15.0 Å². The zero-order valence-corrected chi connectivity index (χ0v) is 15.8. The van der Waals surface area contributed by atoms with E-state index in [1.807, 2.05) is 12.3 Å². The molecular formula is C23H25N3. The highest BCUT2D eigenvalue weighted by molar-refractivity contribution is 5.50. The van der Waals surface area contributed by atoms with E-state index in [1.54, 1.807) is 0 Å². The van der Waals surface area contributed by atoms with E-state index in [0.29, 0.717) is 5.41 Å². The Bertz CT molecular complexity index is 944. The number of nitrogens with zero attached hydrogens (tertiary/aromatic N) is 3. The Morgan fingerprint density at radius 2 is 1.85 bits per heavy atom. The maximum Gasteiger partial charge on any atom is 0.178 e. The summed E-state index contributed by atoms with van der Waals surface area (Å²) in [6.45, 7) is 6.78. The largest absolute Gasteiger partial charge is 0.249 e. The lowest BCUT2D eigenvalue weighted by atomic mass is 9.77. The molecule has 3 heteroatoms. The number of hydrogen-bond donors (Lipinski definition) is 0. The summed E-state index contributed by atoms with van der Waals surface area (Å²) in [5, 5.41) is 0. The third-order valence-corrected chi connectivity index (χ3v) is 5.34. The van der Waals surface area contributed by atoms with Crippen LogP contribution < -0.4 is 0 Å². The maximum absolute atomic E-state index is 4.87. The monoisotopic (exact) mass is 343 g/mol. The summed E-state index contributed by atoms with van der Waals surface area (Å²) in [5.41, 5.74) is 7.33. The number of rotatable bonds is 3. The van der Waals surface area contributed by atoms with E-state index in [9.17, 15) is 0 Å². The van der Waals surface area contributed by atoms with Gasteiger partial charge in [-0.25, -0.2) is 15.0 Å². The average Bonchev–Trinajstić information content (AvgIpc) is 2.62. The van der Waals surface area contributed by atoms with Crippen LogP contribution in [0.15, 0.2) is 48.7 Å². The molecule has 0 spiro atoms. The van der Waals surface area contributed by atoms with E-state index < -0.39 is 0 Å². The summed E-state index contributed by atoms with van der Waals surface area (Å²) in [6.07, 6.45) is 6.12. The summed E-state index contributed by atoms with van der Waals surface area (Å²) in [6, 6.07) is 14.6. The molecule has 0 atom stereocenters. The molecule has 0 saturated heterocycles. The van der Waals surface area contributed by atoms with Crippen molar-refractivity contribution in [3.05, 3.63) is 76.7 Å². The van der Waals surface area contributed by atoms with E-state index in [-0.39, 0.29) is 0 Å². The first-order chi connectivity index (χ1) is 12.5. The molecule has 3 aromatic rings. The molecule has 0 amide bonds. The first-order valence-electron chi connectivity index (χ1n) is 9.36. The van der Waals surface area contributed by atoms with Crippen molar-refractivity contribution in [3.8, 4) is 11.5 Å². The van der Waals surface area contributed by atoms with Gasteiger partial charge in [-0.1, -0.05) is 44.2 Å². The highest BCUT2D eigenvalue weighted by atomic mass is 14.9. The molecule has 26 heavy (non-hydrogen) atoms. The van der Waals surface area contributed by atoms with Gasteiger partial charge in [-0.2, -0.15) is 0 Å². The quantitative estimate of drug-likeness (QED) is 0.675. The van der Waals surface area contributed by atoms with Gasteiger partial charge in [0.2, 0.25) is 0 Å². The van der Waals surface area contributed by atoms with Gasteiger partial charge in [0.25, 0.3) is 0 Å². The van der Waals surface area contributed by atoms with Gasteiger partial charge >= 0.3 is 0 Å². The smallest absolute Gasteiger partial charge is 0.178 e. The van der Waals surface area contributed by atoms with Crippen molar-refractivity contribution >= 4 is 0 Å². The summed E-state index contributed by atoms with van der Waals surface area (Å²) in [7, 11) is 0. The number of benzene rings is 1. The fraction of sp³-hybridized carbons (Fsp3) is 0.348. The zero-order chi connectivity index (χ0) is 18.1. The van der Waals surface area contributed by atoms with Gasteiger partial charge in [0, 0.05) is 24.0 Å². The lowest BCUT2D eigenvalue weighted by Gasteiger charge is -2.30. The minimum Gasteiger partial charge on any atom is -0.249 e. The van der Waals surface area contributed by atoms with Crippen molar-refractivity contribution in [3.63, 3.8) is 0 Å². The van der Waals surface area contributed by atoms with Crippen LogP contribution in [-0.4, -0.2) is 15.0 Å². The number of pyridine rings is 1. The zero-order valence-electron chi connectivity index (χ0n) is 15.8.